The molecular formula is C14H10O5. The fraction of sp³-hybridized carbons (Fsp3) is 0.0714. The van der Waals surface area contributed by atoms with Gasteiger partial charge in [0.25, 0.3) is 0 Å². The van der Waals surface area contributed by atoms with E-state index in [9.17, 15) is 20.1 Å². The largest absolute Gasteiger partial charge is 0.508 e. The molecule has 0 bridgehead atoms. The lowest BCUT2D eigenvalue weighted by atomic mass is 10.0. The number of rotatable bonds is 0. The Morgan fingerprint density at radius 2 is 1.58 bits per heavy atom. The van der Waals surface area contributed by atoms with E-state index >= 15 is 0 Å². The minimum absolute atomic E-state index is 0.00417. The predicted octanol–water partition coefficient (Wildman–Crippen LogP) is 2.37. The third kappa shape index (κ3) is 1.59. The van der Waals surface area contributed by atoms with Crippen molar-refractivity contribution >= 4 is 21.7 Å². The van der Waals surface area contributed by atoms with Crippen LogP contribution in [-0.4, -0.2) is 15.3 Å². The van der Waals surface area contributed by atoms with E-state index in [-0.39, 0.29) is 28.2 Å². The van der Waals surface area contributed by atoms with Crippen molar-refractivity contribution in [2.75, 3.05) is 0 Å². The zero-order valence-electron chi connectivity index (χ0n) is 9.97. The van der Waals surface area contributed by atoms with Gasteiger partial charge in [-0.2, -0.15) is 0 Å². The van der Waals surface area contributed by atoms with Gasteiger partial charge in [0, 0.05) is 16.8 Å². The number of aromatic hydroxyl groups is 3. The predicted molar refractivity (Wildman–Crippen MR) is 69.7 cm³/mol. The number of fused-ring (bicyclic) bond motifs is 3. The molecule has 3 N–H and O–H groups in total. The van der Waals surface area contributed by atoms with E-state index in [1.807, 2.05) is 0 Å². The van der Waals surface area contributed by atoms with Crippen molar-refractivity contribution < 1.29 is 19.7 Å². The molecule has 0 aliphatic carbocycles. The number of hydrogen-bond acceptors (Lipinski definition) is 5. The fourth-order valence-corrected chi connectivity index (χ4v) is 2.27. The molecule has 0 aliphatic rings. The number of phenols is 3. The standard InChI is InChI=1S/C14H10O5/c1-6-2-7(15)3-12-13(6)8-4-10(16)11(17)5-9(8)14(18)19-12/h2-5,15-17H,1H3. The van der Waals surface area contributed by atoms with Gasteiger partial charge in [0.2, 0.25) is 0 Å². The molecule has 0 saturated heterocycles. The molecule has 0 aliphatic heterocycles. The fourth-order valence-electron chi connectivity index (χ4n) is 2.27. The van der Waals surface area contributed by atoms with Gasteiger partial charge in [0.15, 0.2) is 11.5 Å². The van der Waals surface area contributed by atoms with Crippen molar-refractivity contribution in [1.29, 1.82) is 0 Å². The Labute approximate surface area is 107 Å². The molecule has 5 heteroatoms. The Hall–Kier alpha value is -2.69. The van der Waals surface area contributed by atoms with Crippen molar-refractivity contribution in [3.63, 3.8) is 0 Å². The van der Waals surface area contributed by atoms with Gasteiger partial charge in [-0.05, 0) is 30.7 Å². The Bertz CT molecular complexity index is 877. The van der Waals surface area contributed by atoms with Crippen LogP contribution in [0.1, 0.15) is 5.56 Å². The van der Waals surface area contributed by atoms with Crippen LogP contribution in [0, 0.1) is 6.92 Å². The molecule has 0 unspecified atom stereocenters. The number of aryl methyl sites for hydroxylation is 1. The molecule has 0 radical (unpaired) electrons. The summed E-state index contributed by atoms with van der Waals surface area (Å²) in [6.07, 6.45) is 0. The maximum Gasteiger partial charge on any atom is 0.344 e. The first-order valence-corrected chi connectivity index (χ1v) is 5.59. The lowest BCUT2D eigenvalue weighted by Crippen LogP contribution is -2.00. The molecule has 96 valence electrons. The maximum atomic E-state index is 11.8. The summed E-state index contributed by atoms with van der Waals surface area (Å²) < 4.78 is 5.12. The summed E-state index contributed by atoms with van der Waals surface area (Å²) in [5, 5.41) is 29.8. The van der Waals surface area contributed by atoms with Crippen molar-refractivity contribution in [2.24, 2.45) is 0 Å². The van der Waals surface area contributed by atoms with Crippen LogP contribution in [0.25, 0.3) is 21.7 Å². The first-order valence-electron chi connectivity index (χ1n) is 5.59. The van der Waals surface area contributed by atoms with Gasteiger partial charge < -0.3 is 19.7 Å². The Morgan fingerprint density at radius 3 is 2.26 bits per heavy atom. The molecule has 0 fully saturated rings. The molecule has 0 amide bonds. The van der Waals surface area contributed by atoms with E-state index in [1.165, 1.54) is 24.3 Å². The second kappa shape index (κ2) is 3.65. The molecule has 0 spiro atoms. The van der Waals surface area contributed by atoms with Crippen molar-refractivity contribution in [3.05, 3.63) is 40.2 Å². The molecule has 1 aromatic heterocycles. The molecule has 3 aromatic rings. The van der Waals surface area contributed by atoms with E-state index < -0.39 is 5.63 Å². The van der Waals surface area contributed by atoms with Crippen molar-refractivity contribution in [1.82, 2.24) is 0 Å². The average molecular weight is 258 g/mol. The summed E-state index contributed by atoms with van der Waals surface area (Å²) in [5.74, 6) is -0.696. The lowest BCUT2D eigenvalue weighted by Gasteiger charge is -2.07. The summed E-state index contributed by atoms with van der Waals surface area (Å²) >= 11 is 0. The van der Waals surface area contributed by atoms with Crippen LogP contribution >= 0.6 is 0 Å². The van der Waals surface area contributed by atoms with E-state index in [0.717, 1.165) is 0 Å². The molecule has 0 atom stereocenters. The van der Waals surface area contributed by atoms with Crippen LogP contribution < -0.4 is 5.63 Å². The van der Waals surface area contributed by atoms with Gasteiger partial charge in [-0.15, -0.1) is 0 Å². The average Bonchev–Trinajstić information content (AvgIpc) is 2.31. The van der Waals surface area contributed by atoms with Gasteiger partial charge in [0.05, 0.1) is 5.39 Å². The van der Waals surface area contributed by atoms with E-state index in [1.54, 1.807) is 6.92 Å². The Morgan fingerprint density at radius 1 is 0.947 bits per heavy atom. The SMILES string of the molecule is Cc1cc(O)cc2oc(=O)c3cc(O)c(O)cc3c12. The summed E-state index contributed by atoms with van der Waals surface area (Å²) in [6, 6.07) is 5.36. The van der Waals surface area contributed by atoms with Gasteiger partial charge in [0.1, 0.15) is 11.3 Å². The van der Waals surface area contributed by atoms with Crippen LogP contribution in [0.4, 0.5) is 0 Å². The van der Waals surface area contributed by atoms with E-state index in [2.05, 4.69) is 0 Å². The third-order valence-corrected chi connectivity index (χ3v) is 3.09. The topological polar surface area (TPSA) is 90.9 Å². The number of benzene rings is 2. The van der Waals surface area contributed by atoms with Gasteiger partial charge in [-0.1, -0.05) is 0 Å². The van der Waals surface area contributed by atoms with Crippen LogP contribution in [0.5, 0.6) is 17.2 Å². The molecule has 3 rings (SSSR count). The van der Waals surface area contributed by atoms with Gasteiger partial charge >= 0.3 is 5.63 Å². The summed E-state index contributed by atoms with van der Waals surface area (Å²) in [6.45, 7) is 1.76. The Balaban J connectivity index is 2.66. The minimum atomic E-state index is -0.636. The van der Waals surface area contributed by atoms with Crippen LogP contribution in [0.2, 0.25) is 0 Å². The lowest BCUT2D eigenvalue weighted by molar-refractivity contribution is 0.404. The first kappa shape index (κ1) is 11.4. The number of hydrogen-bond donors (Lipinski definition) is 3. The first-order chi connectivity index (χ1) is 8.97. The second-order valence-corrected chi connectivity index (χ2v) is 4.41. The third-order valence-electron chi connectivity index (χ3n) is 3.09. The molecule has 0 saturated carbocycles. The van der Waals surface area contributed by atoms with Gasteiger partial charge in [-0.3, -0.25) is 0 Å². The van der Waals surface area contributed by atoms with Crippen LogP contribution in [0.3, 0.4) is 0 Å². The van der Waals surface area contributed by atoms with Crippen LogP contribution in [0.15, 0.2) is 33.5 Å². The summed E-state index contributed by atoms with van der Waals surface area (Å²) in [5.41, 5.74) is 0.303. The zero-order chi connectivity index (χ0) is 13.7. The quantitative estimate of drug-likeness (QED) is 0.327. The normalized spacial score (nSPS) is 11.2. The zero-order valence-corrected chi connectivity index (χ0v) is 9.97. The van der Waals surface area contributed by atoms with E-state index in [4.69, 9.17) is 4.42 Å². The maximum absolute atomic E-state index is 11.8. The van der Waals surface area contributed by atoms with Crippen molar-refractivity contribution in [2.45, 2.75) is 6.92 Å². The highest BCUT2D eigenvalue weighted by Crippen LogP contribution is 2.35. The van der Waals surface area contributed by atoms with Crippen molar-refractivity contribution in [3.8, 4) is 17.2 Å². The van der Waals surface area contributed by atoms with Gasteiger partial charge in [-0.25, -0.2) is 4.79 Å². The van der Waals surface area contributed by atoms with E-state index in [0.29, 0.717) is 16.3 Å². The smallest absolute Gasteiger partial charge is 0.344 e. The molecular weight excluding hydrogens is 248 g/mol. The van der Waals surface area contributed by atoms with Crippen LogP contribution in [-0.2, 0) is 0 Å². The molecule has 2 aromatic carbocycles. The molecule has 1 heterocycles. The summed E-state index contributed by atoms with van der Waals surface area (Å²) in [4.78, 5) is 11.8. The second-order valence-electron chi connectivity index (χ2n) is 4.41. The highest BCUT2D eigenvalue weighted by molar-refractivity contribution is 6.07. The summed E-state index contributed by atoms with van der Waals surface area (Å²) in [7, 11) is 0. The molecule has 5 nitrogen and oxygen atoms in total. The highest BCUT2D eigenvalue weighted by Gasteiger charge is 2.13. The monoisotopic (exact) mass is 258 g/mol. The number of phenolic OH excluding ortho intramolecular Hbond substituents is 3. The highest BCUT2D eigenvalue weighted by atomic mass is 16.4. The Kier molecular flexibility index (Phi) is 2.19. The molecule has 19 heavy (non-hydrogen) atoms. The minimum Gasteiger partial charge on any atom is -0.508 e.